The number of nitrogens with zero attached hydrogens (tertiary/aromatic N) is 2. The summed E-state index contributed by atoms with van der Waals surface area (Å²) >= 11 is 5.93. The zero-order valence-corrected chi connectivity index (χ0v) is 18.5. The molecule has 4 rings (SSSR count). The van der Waals surface area contributed by atoms with Gasteiger partial charge in [-0.25, -0.2) is 4.98 Å². The van der Waals surface area contributed by atoms with Crippen LogP contribution in [0.5, 0.6) is 11.5 Å². The first-order valence-electron chi connectivity index (χ1n) is 10.8. The monoisotopic (exact) mass is 434 g/mol. The van der Waals surface area contributed by atoms with Crippen molar-refractivity contribution in [2.75, 3.05) is 6.61 Å². The van der Waals surface area contributed by atoms with Crippen LogP contribution >= 0.6 is 11.6 Å². The van der Waals surface area contributed by atoms with Gasteiger partial charge in [0.25, 0.3) is 0 Å². The Kier molecular flexibility index (Phi) is 7.11. The smallest absolute Gasteiger partial charge is 0.156 e. The summed E-state index contributed by atoms with van der Waals surface area (Å²) in [6.45, 7) is 3.67. The van der Waals surface area contributed by atoms with Crippen LogP contribution in [0.1, 0.15) is 38.1 Å². The maximum atomic E-state index is 6.30. The molecule has 4 aromatic rings. The van der Waals surface area contributed by atoms with E-state index in [1.54, 1.807) is 0 Å². The Balaban J connectivity index is 1.45. The first-order chi connectivity index (χ1) is 15.2. The predicted molar refractivity (Wildman–Crippen MR) is 126 cm³/mol. The van der Waals surface area contributed by atoms with Crippen molar-refractivity contribution >= 4 is 22.6 Å². The quantitative estimate of drug-likeness (QED) is 0.250. The van der Waals surface area contributed by atoms with Crippen LogP contribution in [-0.4, -0.2) is 16.2 Å². The summed E-state index contributed by atoms with van der Waals surface area (Å²) in [6, 6.07) is 25.7. The van der Waals surface area contributed by atoms with Gasteiger partial charge in [0.2, 0.25) is 0 Å². The van der Waals surface area contributed by atoms with Crippen LogP contribution in [0.3, 0.4) is 0 Å². The number of halogens is 1. The molecule has 0 amide bonds. The molecular formula is C26H27ClN2O2. The van der Waals surface area contributed by atoms with Gasteiger partial charge in [0, 0.05) is 11.6 Å². The van der Waals surface area contributed by atoms with E-state index in [2.05, 4.69) is 29.7 Å². The summed E-state index contributed by atoms with van der Waals surface area (Å²) < 4.78 is 14.4. The lowest BCUT2D eigenvalue weighted by Gasteiger charge is -2.19. The van der Waals surface area contributed by atoms with E-state index < -0.39 is 0 Å². The first-order valence-corrected chi connectivity index (χ1v) is 11.2. The number of hydrogen-bond donors (Lipinski definition) is 0. The van der Waals surface area contributed by atoms with E-state index in [1.807, 2.05) is 60.7 Å². The number of imidazole rings is 1. The summed E-state index contributed by atoms with van der Waals surface area (Å²) in [5, 5.41) is 0.718. The van der Waals surface area contributed by atoms with Crippen molar-refractivity contribution in [1.82, 2.24) is 9.55 Å². The average molecular weight is 435 g/mol. The lowest BCUT2D eigenvalue weighted by atomic mass is 10.2. The van der Waals surface area contributed by atoms with Gasteiger partial charge >= 0.3 is 0 Å². The SMILES string of the molecule is CCC(Oc1ccccc1)c1nc2ccccc2n1CCCCOc1ccc(Cl)cc1. The molecule has 0 aliphatic carbocycles. The summed E-state index contributed by atoms with van der Waals surface area (Å²) in [5.74, 6) is 2.69. The fourth-order valence-corrected chi connectivity index (χ4v) is 3.78. The molecule has 0 fully saturated rings. The number of hydrogen-bond acceptors (Lipinski definition) is 3. The van der Waals surface area contributed by atoms with Crippen molar-refractivity contribution in [2.45, 2.75) is 38.8 Å². The van der Waals surface area contributed by atoms with Gasteiger partial charge in [-0.2, -0.15) is 0 Å². The third-order valence-electron chi connectivity index (χ3n) is 5.22. The number of aryl methyl sites for hydroxylation is 1. The number of fused-ring (bicyclic) bond motifs is 1. The minimum atomic E-state index is -0.0971. The van der Waals surface area contributed by atoms with Crippen LogP contribution < -0.4 is 9.47 Å². The highest BCUT2D eigenvalue weighted by molar-refractivity contribution is 6.30. The third kappa shape index (κ3) is 5.39. The molecule has 0 aliphatic heterocycles. The van der Waals surface area contributed by atoms with Crippen molar-refractivity contribution in [1.29, 1.82) is 0 Å². The Morgan fingerprint density at radius 3 is 2.39 bits per heavy atom. The molecule has 1 heterocycles. The predicted octanol–water partition coefficient (Wildman–Crippen LogP) is 7.08. The number of ether oxygens (including phenoxy) is 2. The van der Waals surface area contributed by atoms with Gasteiger partial charge in [-0.1, -0.05) is 48.9 Å². The number of rotatable bonds is 10. The molecule has 0 saturated heterocycles. The highest BCUT2D eigenvalue weighted by Crippen LogP contribution is 2.28. The van der Waals surface area contributed by atoms with Crippen molar-refractivity contribution in [2.24, 2.45) is 0 Å². The van der Waals surface area contributed by atoms with E-state index in [0.717, 1.165) is 59.2 Å². The van der Waals surface area contributed by atoms with E-state index in [-0.39, 0.29) is 6.10 Å². The molecular weight excluding hydrogens is 408 g/mol. The molecule has 1 unspecified atom stereocenters. The molecule has 1 atom stereocenters. The van der Waals surface area contributed by atoms with Crippen molar-refractivity contribution in [3.05, 3.63) is 89.7 Å². The topological polar surface area (TPSA) is 36.3 Å². The number of aromatic nitrogens is 2. The van der Waals surface area contributed by atoms with Crippen LogP contribution in [0.15, 0.2) is 78.9 Å². The van der Waals surface area contributed by atoms with Crippen molar-refractivity contribution in [3.8, 4) is 11.5 Å². The lowest BCUT2D eigenvalue weighted by molar-refractivity contribution is 0.186. The minimum Gasteiger partial charge on any atom is -0.494 e. The van der Waals surface area contributed by atoms with Gasteiger partial charge in [0.1, 0.15) is 11.5 Å². The molecule has 0 spiro atoms. The standard InChI is InChI=1S/C26H27ClN2O2/c1-2-25(31-22-10-4-3-5-11-22)26-28-23-12-6-7-13-24(23)29(26)18-8-9-19-30-21-16-14-20(27)15-17-21/h3-7,10-17,25H,2,8-9,18-19H2,1H3. The number of benzene rings is 3. The van der Waals surface area contributed by atoms with Crippen LogP contribution in [0.25, 0.3) is 11.0 Å². The third-order valence-corrected chi connectivity index (χ3v) is 5.47. The van der Waals surface area contributed by atoms with Gasteiger partial charge in [-0.3, -0.25) is 0 Å². The lowest BCUT2D eigenvalue weighted by Crippen LogP contribution is -2.14. The Labute approximate surface area is 188 Å². The zero-order chi connectivity index (χ0) is 21.5. The summed E-state index contributed by atoms with van der Waals surface area (Å²) in [7, 11) is 0. The molecule has 5 heteroatoms. The van der Waals surface area contributed by atoms with Gasteiger partial charge in [-0.05, 0) is 67.8 Å². The van der Waals surface area contributed by atoms with Crippen LogP contribution in [0, 0.1) is 0 Å². The molecule has 0 saturated carbocycles. The van der Waals surface area contributed by atoms with Crippen LogP contribution in [0.2, 0.25) is 5.02 Å². The zero-order valence-electron chi connectivity index (χ0n) is 17.7. The van der Waals surface area contributed by atoms with E-state index in [9.17, 15) is 0 Å². The van der Waals surface area contributed by atoms with E-state index in [4.69, 9.17) is 26.1 Å². The number of para-hydroxylation sites is 3. The van der Waals surface area contributed by atoms with E-state index >= 15 is 0 Å². The molecule has 31 heavy (non-hydrogen) atoms. The van der Waals surface area contributed by atoms with Crippen molar-refractivity contribution < 1.29 is 9.47 Å². The Morgan fingerprint density at radius 2 is 1.61 bits per heavy atom. The summed E-state index contributed by atoms with van der Waals surface area (Å²) in [5.41, 5.74) is 2.15. The van der Waals surface area contributed by atoms with Gasteiger partial charge in [0.15, 0.2) is 11.9 Å². The second-order valence-electron chi connectivity index (χ2n) is 7.45. The van der Waals surface area contributed by atoms with E-state index in [0.29, 0.717) is 6.61 Å². The van der Waals surface area contributed by atoms with Gasteiger partial charge in [-0.15, -0.1) is 0 Å². The second-order valence-corrected chi connectivity index (χ2v) is 7.88. The van der Waals surface area contributed by atoms with Crippen LogP contribution in [-0.2, 0) is 6.54 Å². The molecule has 3 aromatic carbocycles. The fraction of sp³-hybridized carbons (Fsp3) is 0.269. The largest absolute Gasteiger partial charge is 0.494 e. The van der Waals surface area contributed by atoms with E-state index in [1.165, 1.54) is 0 Å². The highest BCUT2D eigenvalue weighted by atomic mass is 35.5. The Morgan fingerprint density at radius 1 is 0.871 bits per heavy atom. The minimum absolute atomic E-state index is 0.0971. The maximum absolute atomic E-state index is 6.30. The molecule has 0 radical (unpaired) electrons. The second kappa shape index (κ2) is 10.4. The molecule has 0 aliphatic rings. The van der Waals surface area contributed by atoms with Gasteiger partial charge < -0.3 is 14.0 Å². The first kappa shape index (κ1) is 21.3. The average Bonchev–Trinajstić information content (AvgIpc) is 3.17. The van der Waals surface area contributed by atoms with Crippen molar-refractivity contribution in [3.63, 3.8) is 0 Å². The van der Waals surface area contributed by atoms with Crippen LogP contribution in [0.4, 0.5) is 0 Å². The summed E-state index contributed by atoms with van der Waals surface area (Å²) in [4.78, 5) is 4.93. The molecule has 1 aromatic heterocycles. The molecule has 0 bridgehead atoms. The maximum Gasteiger partial charge on any atom is 0.156 e. The highest BCUT2D eigenvalue weighted by Gasteiger charge is 2.20. The fourth-order valence-electron chi connectivity index (χ4n) is 3.65. The number of unbranched alkanes of at least 4 members (excludes halogenated alkanes) is 1. The molecule has 160 valence electrons. The normalized spacial score (nSPS) is 12.1. The summed E-state index contributed by atoms with van der Waals surface area (Å²) in [6.07, 6.45) is 2.69. The Bertz CT molecular complexity index is 1090. The Hall–Kier alpha value is -2.98. The van der Waals surface area contributed by atoms with Gasteiger partial charge in [0.05, 0.1) is 17.6 Å². The molecule has 0 N–H and O–H groups in total. The molecule has 4 nitrogen and oxygen atoms in total.